The van der Waals surface area contributed by atoms with E-state index in [0.717, 1.165) is 55.4 Å². The molecule has 41 heavy (non-hydrogen) atoms. The molecule has 0 bridgehead atoms. The molecule has 6 rings (SSSR count). The van der Waals surface area contributed by atoms with Crippen molar-refractivity contribution in [1.82, 2.24) is 29.0 Å². The van der Waals surface area contributed by atoms with Crippen LogP contribution in [0.3, 0.4) is 0 Å². The summed E-state index contributed by atoms with van der Waals surface area (Å²) >= 11 is 0. The molecule has 1 N–H and O–H groups in total. The Balaban J connectivity index is 1.13. The third-order valence-corrected chi connectivity index (χ3v) is 7.98. The summed E-state index contributed by atoms with van der Waals surface area (Å²) in [7, 11) is 4.99. The number of carbonyl (C=O) groups is 1. The Bertz CT molecular complexity index is 1620. The highest BCUT2D eigenvalue weighted by molar-refractivity contribution is 5.89. The van der Waals surface area contributed by atoms with Gasteiger partial charge >= 0.3 is 5.69 Å². The van der Waals surface area contributed by atoms with Crippen molar-refractivity contribution in [3.63, 3.8) is 0 Å². The molecule has 0 unspecified atom stereocenters. The molecule has 0 radical (unpaired) electrons. The lowest BCUT2D eigenvalue weighted by molar-refractivity contribution is -0.129. The molecule has 2 fully saturated rings. The smallest absolute Gasteiger partial charge is 0.330 e. The van der Waals surface area contributed by atoms with Crippen LogP contribution in [0, 0.1) is 0 Å². The predicted octanol–water partition coefficient (Wildman–Crippen LogP) is 2.41. The van der Waals surface area contributed by atoms with Crippen LogP contribution >= 0.6 is 0 Å². The number of amides is 1. The van der Waals surface area contributed by atoms with Crippen LogP contribution in [0.1, 0.15) is 25.7 Å². The molecular formula is C29H36N8O4. The van der Waals surface area contributed by atoms with Gasteiger partial charge in [0.2, 0.25) is 17.7 Å². The summed E-state index contributed by atoms with van der Waals surface area (Å²) in [6, 6.07) is 10.6. The number of hydrogen-bond donors (Lipinski definition) is 1. The molecular weight excluding hydrogens is 524 g/mol. The predicted molar refractivity (Wildman–Crippen MR) is 157 cm³/mol. The fourth-order valence-corrected chi connectivity index (χ4v) is 5.54. The summed E-state index contributed by atoms with van der Waals surface area (Å²) in [6.45, 7) is 3.00. The van der Waals surface area contributed by atoms with Gasteiger partial charge in [0.05, 0.1) is 19.4 Å². The number of fused-ring (bicyclic) bond motifs is 2. The molecule has 12 nitrogen and oxygen atoms in total. The van der Waals surface area contributed by atoms with Crippen molar-refractivity contribution in [2.45, 2.75) is 44.4 Å². The molecule has 1 aliphatic carbocycles. The summed E-state index contributed by atoms with van der Waals surface area (Å²) in [6.07, 6.45) is 5.21. The van der Waals surface area contributed by atoms with Gasteiger partial charge in [-0.15, -0.1) is 0 Å². The van der Waals surface area contributed by atoms with Crippen LogP contribution in [-0.4, -0.2) is 87.4 Å². The molecule has 4 heterocycles. The Morgan fingerprint density at radius 1 is 1.12 bits per heavy atom. The van der Waals surface area contributed by atoms with Crippen LogP contribution in [0.4, 0.5) is 11.8 Å². The maximum atomic E-state index is 12.8. The normalized spacial score (nSPS) is 19.4. The second-order valence-corrected chi connectivity index (χ2v) is 11.0. The van der Waals surface area contributed by atoms with Gasteiger partial charge in [-0.1, -0.05) is 18.2 Å². The van der Waals surface area contributed by atoms with Gasteiger partial charge in [0, 0.05) is 45.7 Å². The molecule has 12 heteroatoms. The van der Waals surface area contributed by atoms with E-state index in [-0.39, 0.29) is 30.3 Å². The number of benzene rings is 1. The number of imidazole rings is 1. The number of likely N-dealkylation sites (N-methyl/N-ethyl adjacent to an activating group) is 1. The third-order valence-electron chi connectivity index (χ3n) is 7.98. The van der Waals surface area contributed by atoms with Gasteiger partial charge in [-0.3, -0.25) is 13.9 Å². The zero-order chi connectivity index (χ0) is 28.5. The van der Waals surface area contributed by atoms with Gasteiger partial charge in [0.25, 0.3) is 0 Å². The van der Waals surface area contributed by atoms with Gasteiger partial charge in [-0.2, -0.15) is 9.97 Å². The van der Waals surface area contributed by atoms with Crippen molar-refractivity contribution < 1.29 is 14.3 Å². The fraction of sp³-hybridized carbons (Fsp3) is 0.483. The van der Waals surface area contributed by atoms with E-state index >= 15 is 0 Å². The van der Waals surface area contributed by atoms with Crippen molar-refractivity contribution >= 4 is 39.6 Å². The Hall–Kier alpha value is -4.19. The number of carbonyl (C=O) groups excluding carboxylic acids is 1. The van der Waals surface area contributed by atoms with Crippen LogP contribution in [0.5, 0.6) is 5.88 Å². The average Bonchev–Trinajstić information content (AvgIpc) is 3.22. The molecule has 0 spiro atoms. The second-order valence-electron chi connectivity index (χ2n) is 11.0. The first kappa shape index (κ1) is 27.0. The highest BCUT2D eigenvalue weighted by Crippen LogP contribution is 2.32. The van der Waals surface area contributed by atoms with Crippen LogP contribution < -0.4 is 20.6 Å². The van der Waals surface area contributed by atoms with E-state index < -0.39 is 0 Å². The highest BCUT2D eigenvalue weighted by Gasteiger charge is 2.25. The number of nitrogens with zero attached hydrogens (tertiary/aromatic N) is 7. The van der Waals surface area contributed by atoms with E-state index in [1.165, 1.54) is 14.0 Å². The van der Waals surface area contributed by atoms with Crippen LogP contribution in [0.15, 0.2) is 41.3 Å². The van der Waals surface area contributed by atoms with Crippen LogP contribution in [-0.2, 0) is 23.1 Å². The summed E-state index contributed by atoms with van der Waals surface area (Å²) in [5.41, 5.74) is 0.738. The molecule has 1 aliphatic heterocycles. The van der Waals surface area contributed by atoms with E-state index in [2.05, 4.69) is 38.4 Å². The quantitative estimate of drug-likeness (QED) is 0.363. The molecule has 1 saturated carbocycles. The third kappa shape index (κ3) is 5.56. The molecule has 3 aromatic heterocycles. The number of nitrogens with one attached hydrogen (secondary N) is 1. The topological polar surface area (TPSA) is 120 Å². The Kier molecular flexibility index (Phi) is 7.48. The van der Waals surface area contributed by atoms with Gasteiger partial charge in [-0.25, -0.2) is 9.78 Å². The first-order chi connectivity index (χ1) is 19.9. The van der Waals surface area contributed by atoms with Crippen molar-refractivity contribution in [3.8, 4) is 5.88 Å². The molecule has 216 valence electrons. The number of aryl methyl sites for hydroxylation is 1. The molecule has 2 aliphatic rings. The minimum Gasteiger partial charge on any atom is -0.474 e. The Morgan fingerprint density at radius 2 is 1.88 bits per heavy atom. The van der Waals surface area contributed by atoms with E-state index in [1.54, 1.807) is 27.3 Å². The zero-order valence-corrected chi connectivity index (χ0v) is 23.7. The lowest BCUT2D eigenvalue weighted by Crippen LogP contribution is -2.37. The highest BCUT2D eigenvalue weighted by atomic mass is 16.5. The summed E-state index contributed by atoms with van der Waals surface area (Å²) < 4.78 is 14.9. The molecule has 1 saturated heterocycles. The Labute approximate surface area is 237 Å². The SMILES string of the molecule is CN(C)C(=O)Cn1c(=O)n(C)c2nc(N[C@H]3CC[C@@H](Oc4nc(N5CCOCC5)cc5ccccc45)CC3)ncc21. The number of anilines is 2. The van der Waals surface area contributed by atoms with Gasteiger partial charge in [0.1, 0.15) is 24.0 Å². The lowest BCUT2D eigenvalue weighted by atomic mass is 9.93. The standard InChI is InChI=1S/C29H36N8O4/c1-34(2)25(38)18-37-23-17-30-28(33-26(23)35(3)29(37)39)31-20-8-10-21(11-9-20)41-27-22-7-5-4-6-19(22)16-24(32-27)36-12-14-40-15-13-36/h4-7,16-17,20-21H,8-15,18H2,1-3H3,(H,30,31,33)/t20-,21+. The lowest BCUT2D eigenvalue weighted by Gasteiger charge is -2.31. The van der Waals surface area contributed by atoms with Crippen molar-refractivity contribution in [2.24, 2.45) is 7.05 Å². The molecule has 1 aromatic carbocycles. The fourth-order valence-electron chi connectivity index (χ4n) is 5.54. The largest absolute Gasteiger partial charge is 0.474 e. The minimum absolute atomic E-state index is 0.0528. The number of hydrogen-bond acceptors (Lipinski definition) is 9. The maximum absolute atomic E-state index is 12.8. The summed E-state index contributed by atoms with van der Waals surface area (Å²) in [4.78, 5) is 42.7. The van der Waals surface area contributed by atoms with Gasteiger partial charge in [-0.05, 0) is 43.2 Å². The van der Waals surface area contributed by atoms with Crippen LogP contribution in [0.2, 0.25) is 0 Å². The first-order valence-electron chi connectivity index (χ1n) is 14.2. The van der Waals surface area contributed by atoms with Crippen molar-refractivity contribution in [1.29, 1.82) is 0 Å². The Morgan fingerprint density at radius 3 is 2.63 bits per heavy atom. The molecule has 1 amide bonds. The number of pyridine rings is 1. The minimum atomic E-state index is -0.293. The number of ether oxygens (including phenoxy) is 2. The van der Waals surface area contributed by atoms with E-state index in [0.29, 0.717) is 36.2 Å². The van der Waals surface area contributed by atoms with Crippen molar-refractivity contribution in [3.05, 3.63) is 47.0 Å². The second kappa shape index (κ2) is 11.4. The number of rotatable bonds is 7. The summed E-state index contributed by atoms with van der Waals surface area (Å²) in [5, 5.41) is 5.59. The molecule has 4 aromatic rings. The number of aromatic nitrogens is 5. The zero-order valence-electron chi connectivity index (χ0n) is 23.7. The maximum Gasteiger partial charge on any atom is 0.330 e. The summed E-state index contributed by atoms with van der Waals surface area (Å²) in [5.74, 6) is 1.92. The van der Waals surface area contributed by atoms with E-state index in [4.69, 9.17) is 14.5 Å². The van der Waals surface area contributed by atoms with Crippen LogP contribution in [0.25, 0.3) is 21.9 Å². The average molecular weight is 561 g/mol. The number of morpholine rings is 1. The molecule has 0 atom stereocenters. The first-order valence-corrected chi connectivity index (χ1v) is 14.2. The van der Waals surface area contributed by atoms with Crippen molar-refractivity contribution in [2.75, 3.05) is 50.6 Å². The van der Waals surface area contributed by atoms with Gasteiger partial charge < -0.3 is 24.6 Å². The monoisotopic (exact) mass is 560 g/mol. The van der Waals surface area contributed by atoms with Gasteiger partial charge in [0.15, 0.2) is 5.65 Å². The van der Waals surface area contributed by atoms with E-state index in [1.807, 2.05) is 12.1 Å². The van der Waals surface area contributed by atoms with E-state index in [9.17, 15) is 9.59 Å².